The van der Waals surface area contributed by atoms with E-state index in [1.807, 2.05) is 72.4 Å². The average Bonchev–Trinajstić information content (AvgIpc) is 3.18. The van der Waals surface area contributed by atoms with Gasteiger partial charge in [-0.1, -0.05) is 12.1 Å². The molecule has 0 aromatic carbocycles. The van der Waals surface area contributed by atoms with Crippen LogP contribution in [0, 0.1) is 20.8 Å². The normalized spacial score (nSPS) is 11.1. The van der Waals surface area contributed by atoms with Gasteiger partial charge in [0.2, 0.25) is 0 Å². The second-order valence-electron chi connectivity index (χ2n) is 6.73. The predicted molar refractivity (Wildman–Crippen MR) is 107 cm³/mol. The van der Waals surface area contributed by atoms with Crippen molar-refractivity contribution in [1.29, 1.82) is 0 Å². The molecule has 0 aliphatic carbocycles. The molecule has 142 valence electrons. The maximum Gasteiger partial charge on any atom is 0.270 e. The molecule has 0 saturated carbocycles. The molecule has 0 aliphatic rings. The third-order valence-electron chi connectivity index (χ3n) is 4.89. The summed E-state index contributed by atoms with van der Waals surface area (Å²) < 4.78 is 3.67. The van der Waals surface area contributed by atoms with Crippen LogP contribution in [0.1, 0.15) is 33.1 Å². The first-order valence-corrected chi connectivity index (χ1v) is 9.24. The fourth-order valence-corrected chi connectivity index (χ4v) is 3.51. The van der Waals surface area contributed by atoms with Gasteiger partial charge in [-0.25, -0.2) is 14.6 Å². The van der Waals surface area contributed by atoms with E-state index in [9.17, 15) is 4.79 Å². The van der Waals surface area contributed by atoms with Crippen molar-refractivity contribution in [3.63, 3.8) is 0 Å². The fraction of sp³-hybridized carbons (Fsp3) is 0.238. The molecule has 0 radical (unpaired) electrons. The van der Waals surface area contributed by atoms with Gasteiger partial charge in [0.1, 0.15) is 11.3 Å². The van der Waals surface area contributed by atoms with Gasteiger partial charge >= 0.3 is 0 Å². The number of carbonyl (C=O) groups excluding carboxylic acids is 1. The van der Waals surface area contributed by atoms with Crippen LogP contribution < -0.4 is 5.32 Å². The van der Waals surface area contributed by atoms with Crippen molar-refractivity contribution in [2.24, 2.45) is 0 Å². The minimum absolute atomic E-state index is 0.122. The first kappa shape index (κ1) is 17.9. The van der Waals surface area contributed by atoms with E-state index >= 15 is 0 Å². The second kappa shape index (κ2) is 7.26. The summed E-state index contributed by atoms with van der Waals surface area (Å²) in [6.07, 6.45) is 4.31. The fourth-order valence-electron chi connectivity index (χ4n) is 3.51. The van der Waals surface area contributed by atoms with Gasteiger partial charge in [0.05, 0.1) is 11.4 Å². The van der Waals surface area contributed by atoms with Crippen LogP contribution in [-0.2, 0) is 6.42 Å². The van der Waals surface area contributed by atoms with Crippen molar-refractivity contribution in [1.82, 2.24) is 29.5 Å². The number of amides is 1. The van der Waals surface area contributed by atoms with E-state index in [1.165, 1.54) is 0 Å². The van der Waals surface area contributed by atoms with Gasteiger partial charge in [-0.2, -0.15) is 5.10 Å². The Hall–Kier alpha value is -3.48. The molecule has 0 fully saturated rings. The lowest BCUT2D eigenvalue weighted by Gasteiger charge is -2.07. The summed E-state index contributed by atoms with van der Waals surface area (Å²) in [6.45, 7) is 6.39. The van der Waals surface area contributed by atoms with Crippen LogP contribution in [-0.4, -0.2) is 36.6 Å². The zero-order chi connectivity index (χ0) is 19.7. The summed E-state index contributed by atoms with van der Waals surface area (Å²) in [7, 11) is 0. The third kappa shape index (κ3) is 3.15. The Morgan fingerprint density at radius 3 is 2.68 bits per heavy atom. The molecule has 0 aliphatic heterocycles. The molecule has 28 heavy (non-hydrogen) atoms. The summed E-state index contributed by atoms with van der Waals surface area (Å²) in [6, 6.07) is 11.4. The zero-order valence-corrected chi connectivity index (χ0v) is 16.2. The molecule has 0 unspecified atom stereocenters. The summed E-state index contributed by atoms with van der Waals surface area (Å²) in [5, 5.41) is 7.63. The standard InChI is InChI=1S/C21H22N6O/c1-14-17(16(3)27(25-14)18-8-4-6-11-22-18)10-12-23-21(28)20-15(2)24-19-9-5-7-13-26(19)20/h4-9,11,13H,10,12H2,1-3H3,(H,23,28). The SMILES string of the molecule is Cc1nn(-c2ccccn2)c(C)c1CCNC(=O)c1c(C)nc2ccccn12. The Labute approximate surface area is 163 Å². The van der Waals surface area contributed by atoms with Gasteiger partial charge in [0.25, 0.3) is 5.91 Å². The first-order valence-electron chi connectivity index (χ1n) is 9.24. The number of rotatable bonds is 5. The third-order valence-corrected chi connectivity index (χ3v) is 4.89. The Morgan fingerprint density at radius 2 is 1.89 bits per heavy atom. The number of imidazole rings is 1. The first-order chi connectivity index (χ1) is 13.6. The van der Waals surface area contributed by atoms with Gasteiger partial charge in [0.15, 0.2) is 5.82 Å². The smallest absolute Gasteiger partial charge is 0.270 e. The van der Waals surface area contributed by atoms with Crippen LogP contribution in [0.5, 0.6) is 0 Å². The van der Waals surface area contributed by atoms with Gasteiger partial charge in [-0.15, -0.1) is 0 Å². The molecule has 0 bridgehead atoms. The van der Waals surface area contributed by atoms with E-state index in [1.54, 1.807) is 6.20 Å². The minimum Gasteiger partial charge on any atom is -0.350 e. The molecule has 0 spiro atoms. The van der Waals surface area contributed by atoms with Crippen LogP contribution in [0.2, 0.25) is 0 Å². The van der Waals surface area contributed by atoms with Crippen LogP contribution in [0.3, 0.4) is 0 Å². The van der Waals surface area contributed by atoms with Crippen LogP contribution in [0.25, 0.3) is 11.5 Å². The molecule has 1 amide bonds. The minimum atomic E-state index is -0.122. The Balaban J connectivity index is 1.49. The number of pyridine rings is 2. The number of aromatic nitrogens is 5. The highest BCUT2D eigenvalue weighted by atomic mass is 16.1. The number of hydrogen-bond donors (Lipinski definition) is 1. The average molecular weight is 374 g/mol. The lowest BCUT2D eigenvalue weighted by Crippen LogP contribution is -2.27. The van der Waals surface area contributed by atoms with E-state index in [0.29, 0.717) is 18.7 Å². The van der Waals surface area contributed by atoms with Crippen molar-refractivity contribution >= 4 is 11.6 Å². The molecular weight excluding hydrogens is 352 g/mol. The molecule has 4 aromatic heterocycles. The van der Waals surface area contributed by atoms with Crippen molar-refractivity contribution in [2.75, 3.05) is 6.54 Å². The van der Waals surface area contributed by atoms with E-state index < -0.39 is 0 Å². The largest absolute Gasteiger partial charge is 0.350 e. The quantitative estimate of drug-likeness (QED) is 0.583. The summed E-state index contributed by atoms with van der Waals surface area (Å²) in [4.78, 5) is 21.5. The highest BCUT2D eigenvalue weighted by molar-refractivity contribution is 5.94. The molecule has 4 rings (SSSR count). The van der Waals surface area contributed by atoms with Gasteiger partial charge < -0.3 is 5.32 Å². The number of aryl methyl sites for hydroxylation is 2. The highest BCUT2D eigenvalue weighted by Crippen LogP contribution is 2.17. The second-order valence-corrected chi connectivity index (χ2v) is 6.73. The topological polar surface area (TPSA) is 77.1 Å². The van der Waals surface area contributed by atoms with Crippen molar-refractivity contribution in [2.45, 2.75) is 27.2 Å². The van der Waals surface area contributed by atoms with E-state index in [0.717, 1.165) is 34.1 Å². The molecular formula is C21H22N6O. The molecule has 7 nitrogen and oxygen atoms in total. The lowest BCUT2D eigenvalue weighted by atomic mass is 10.1. The molecule has 7 heteroatoms. The Kier molecular flexibility index (Phi) is 4.65. The number of carbonyl (C=O) groups is 1. The van der Waals surface area contributed by atoms with Crippen LogP contribution in [0.4, 0.5) is 0 Å². The Morgan fingerprint density at radius 1 is 1.07 bits per heavy atom. The molecule has 0 saturated heterocycles. The number of nitrogens with zero attached hydrogens (tertiary/aromatic N) is 5. The Bertz CT molecular complexity index is 1140. The predicted octanol–water partition coefficient (Wildman–Crippen LogP) is 2.81. The maximum atomic E-state index is 12.7. The van der Waals surface area contributed by atoms with Crippen LogP contribution in [0.15, 0.2) is 48.8 Å². The van der Waals surface area contributed by atoms with Crippen LogP contribution >= 0.6 is 0 Å². The van der Waals surface area contributed by atoms with E-state index in [-0.39, 0.29) is 5.91 Å². The number of nitrogens with one attached hydrogen (secondary N) is 1. The van der Waals surface area contributed by atoms with Gasteiger partial charge in [-0.05, 0) is 57.0 Å². The molecule has 0 atom stereocenters. The number of hydrogen-bond acceptors (Lipinski definition) is 4. The van der Waals surface area contributed by atoms with Gasteiger partial charge in [-0.3, -0.25) is 9.20 Å². The van der Waals surface area contributed by atoms with Gasteiger partial charge in [0, 0.05) is 24.6 Å². The molecule has 4 aromatic rings. The monoisotopic (exact) mass is 374 g/mol. The van der Waals surface area contributed by atoms with Crippen molar-refractivity contribution in [3.8, 4) is 5.82 Å². The highest BCUT2D eigenvalue weighted by Gasteiger charge is 2.17. The van der Waals surface area contributed by atoms with Crippen molar-refractivity contribution < 1.29 is 4.79 Å². The zero-order valence-electron chi connectivity index (χ0n) is 16.2. The number of fused-ring (bicyclic) bond motifs is 1. The molecule has 1 N–H and O–H groups in total. The van der Waals surface area contributed by atoms with E-state index in [2.05, 4.69) is 20.4 Å². The van der Waals surface area contributed by atoms with E-state index in [4.69, 9.17) is 0 Å². The maximum absolute atomic E-state index is 12.7. The molecule has 4 heterocycles. The summed E-state index contributed by atoms with van der Waals surface area (Å²) in [5.74, 6) is 0.670. The summed E-state index contributed by atoms with van der Waals surface area (Å²) in [5.41, 5.74) is 5.18. The van der Waals surface area contributed by atoms with Crippen molar-refractivity contribution in [3.05, 3.63) is 77.1 Å². The summed E-state index contributed by atoms with van der Waals surface area (Å²) >= 11 is 0. The lowest BCUT2D eigenvalue weighted by molar-refractivity contribution is 0.0947.